The number of nitrogens with one attached hydrogen (secondary N) is 1. The molecular formula is C16H18FN3O. The summed E-state index contributed by atoms with van der Waals surface area (Å²) in [5.41, 5.74) is 13.0. The molecule has 0 saturated carbocycles. The van der Waals surface area contributed by atoms with Gasteiger partial charge in [-0.3, -0.25) is 4.79 Å². The van der Waals surface area contributed by atoms with Crippen molar-refractivity contribution in [1.29, 1.82) is 0 Å². The number of aryl methyl sites for hydroxylation is 1. The monoisotopic (exact) mass is 287 g/mol. The molecular weight excluding hydrogens is 269 g/mol. The summed E-state index contributed by atoms with van der Waals surface area (Å²) in [7, 11) is 0. The smallest absolute Gasteiger partial charge is 0.250 e. The Kier molecular flexibility index (Phi) is 4.42. The summed E-state index contributed by atoms with van der Waals surface area (Å²) in [6, 6.07) is 10.1. The predicted octanol–water partition coefficient (Wildman–Crippen LogP) is 3.20. The second-order valence-electron chi connectivity index (χ2n) is 4.86. The van der Waals surface area contributed by atoms with E-state index < -0.39 is 11.7 Å². The van der Waals surface area contributed by atoms with Gasteiger partial charge in [0.25, 0.3) is 5.91 Å². The lowest BCUT2D eigenvalue weighted by Gasteiger charge is -2.11. The standard InChI is InChI=1S/C16H18FN3O/c1-2-3-10-4-6-11(7-5-10)20-15-8-12(16(19)21)14(18)9-13(15)17/h4-9,20H,2-3,18H2,1H3,(H2,19,21). The SMILES string of the molecule is CCCc1ccc(Nc2cc(C(N)=O)c(N)cc2F)cc1. The van der Waals surface area contributed by atoms with Crippen molar-refractivity contribution in [3.05, 3.63) is 53.3 Å². The van der Waals surface area contributed by atoms with Crippen LogP contribution in [0, 0.1) is 5.82 Å². The Morgan fingerprint density at radius 2 is 1.90 bits per heavy atom. The van der Waals surface area contributed by atoms with Crippen LogP contribution in [0.5, 0.6) is 0 Å². The van der Waals surface area contributed by atoms with E-state index in [4.69, 9.17) is 11.5 Å². The molecule has 0 atom stereocenters. The van der Waals surface area contributed by atoms with Crippen LogP contribution < -0.4 is 16.8 Å². The van der Waals surface area contributed by atoms with Crippen molar-refractivity contribution in [2.24, 2.45) is 5.73 Å². The van der Waals surface area contributed by atoms with Gasteiger partial charge in [0.2, 0.25) is 0 Å². The maximum atomic E-state index is 13.9. The molecule has 0 spiro atoms. The highest BCUT2D eigenvalue weighted by atomic mass is 19.1. The third-order valence-corrected chi connectivity index (χ3v) is 3.18. The molecule has 0 aliphatic heterocycles. The number of benzene rings is 2. The Labute approximate surface area is 123 Å². The minimum Gasteiger partial charge on any atom is -0.398 e. The lowest BCUT2D eigenvalue weighted by atomic mass is 10.1. The van der Waals surface area contributed by atoms with E-state index >= 15 is 0 Å². The highest BCUT2D eigenvalue weighted by molar-refractivity contribution is 5.99. The van der Waals surface area contributed by atoms with Gasteiger partial charge in [-0.05, 0) is 36.2 Å². The molecule has 2 aromatic carbocycles. The van der Waals surface area contributed by atoms with Crippen molar-refractivity contribution in [3.63, 3.8) is 0 Å². The number of carbonyl (C=O) groups is 1. The van der Waals surface area contributed by atoms with Crippen LogP contribution in [0.1, 0.15) is 29.3 Å². The lowest BCUT2D eigenvalue weighted by Crippen LogP contribution is -2.14. The largest absolute Gasteiger partial charge is 0.398 e. The quantitative estimate of drug-likeness (QED) is 0.739. The van der Waals surface area contributed by atoms with Gasteiger partial charge in [-0.25, -0.2) is 4.39 Å². The molecule has 0 bridgehead atoms. The van der Waals surface area contributed by atoms with Gasteiger partial charge in [-0.2, -0.15) is 0 Å². The molecule has 0 aliphatic carbocycles. The van der Waals surface area contributed by atoms with Crippen LogP contribution in [0.2, 0.25) is 0 Å². The second-order valence-corrected chi connectivity index (χ2v) is 4.86. The zero-order valence-electron chi connectivity index (χ0n) is 11.8. The molecule has 21 heavy (non-hydrogen) atoms. The van der Waals surface area contributed by atoms with E-state index in [1.54, 1.807) is 0 Å². The number of carbonyl (C=O) groups excluding carboxylic acids is 1. The number of primary amides is 1. The molecule has 5 heteroatoms. The van der Waals surface area contributed by atoms with Crippen LogP contribution >= 0.6 is 0 Å². The number of hydrogen-bond donors (Lipinski definition) is 3. The van der Waals surface area contributed by atoms with E-state index in [1.807, 2.05) is 24.3 Å². The fourth-order valence-corrected chi connectivity index (χ4v) is 2.10. The van der Waals surface area contributed by atoms with E-state index in [0.29, 0.717) is 0 Å². The van der Waals surface area contributed by atoms with E-state index in [0.717, 1.165) is 24.6 Å². The first kappa shape index (κ1) is 14.8. The van der Waals surface area contributed by atoms with E-state index in [9.17, 15) is 9.18 Å². The van der Waals surface area contributed by atoms with Crippen molar-refractivity contribution >= 4 is 23.0 Å². The van der Waals surface area contributed by atoms with Crippen molar-refractivity contribution in [1.82, 2.24) is 0 Å². The van der Waals surface area contributed by atoms with Crippen LogP contribution in [0.4, 0.5) is 21.5 Å². The summed E-state index contributed by atoms with van der Waals surface area (Å²) in [5, 5.41) is 2.93. The zero-order chi connectivity index (χ0) is 15.4. The number of rotatable bonds is 5. The summed E-state index contributed by atoms with van der Waals surface area (Å²) in [6.45, 7) is 2.11. The average Bonchev–Trinajstić information content (AvgIpc) is 2.43. The normalized spacial score (nSPS) is 10.4. The summed E-state index contributed by atoms with van der Waals surface area (Å²) < 4.78 is 13.9. The second kappa shape index (κ2) is 6.26. The van der Waals surface area contributed by atoms with Crippen molar-refractivity contribution in [2.75, 3.05) is 11.1 Å². The number of nitrogen functional groups attached to an aromatic ring is 1. The third-order valence-electron chi connectivity index (χ3n) is 3.18. The number of halogens is 1. The third kappa shape index (κ3) is 3.51. The summed E-state index contributed by atoms with van der Waals surface area (Å²) in [6.07, 6.45) is 2.07. The summed E-state index contributed by atoms with van der Waals surface area (Å²) >= 11 is 0. The molecule has 0 heterocycles. The van der Waals surface area contributed by atoms with Crippen molar-refractivity contribution in [3.8, 4) is 0 Å². The van der Waals surface area contributed by atoms with Gasteiger partial charge in [-0.1, -0.05) is 25.5 Å². The molecule has 0 radical (unpaired) electrons. The lowest BCUT2D eigenvalue weighted by molar-refractivity contribution is 0.100. The molecule has 0 saturated heterocycles. The molecule has 0 fully saturated rings. The first-order valence-corrected chi connectivity index (χ1v) is 6.76. The van der Waals surface area contributed by atoms with Crippen LogP contribution in [0.25, 0.3) is 0 Å². The maximum absolute atomic E-state index is 13.9. The van der Waals surface area contributed by atoms with Crippen LogP contribution in [0.15, 0.2) is 36.4 Å². The van der Waals surface area contributed by atoms with E-state index in [-0.39, 0.29) is 16.9 Å². The van der Waals surface area contributed by atoms with Gasteiger partial charge in [0.15, 0.2) is 0 Å². The first-order valence-electron chi connectivity index (χ1n) is 6.76. The molecule has 0 unspecified atom stereocenters. The average molecular weight is 287 g/mol. The number of amides is 1. The van der Waals surface area contributed by atoms with E-state index in [1.165, 1.54) is 11.6 Å². The highest BCUT2D eigenvalue weighted by Crippen LogP contribution is 2.25. The van der Waals surface area contributed by atoms with Gasteiger partial charge in [0, 0.05) is 11.4 Å². The molecule has 0 aliphatic rings. The van der Waals surface area contributed by atoms with Crippen LogP contribution in [-0.4, -0.2) is 5.91 Å². The number of hydrogen-bond acceptors (Lipinski definition) is 3. The minimum absolute atomic E-state index is 0.0313. The van der Waals surface area contributed by atoms with Crippen molar-refractivity contribution < 1.29 is 9.18 Å². The Morgan fingerprint density at radius 3 is 2.48 bits per heavy atom. The minimum atomic E-state index is -0.686. The molecule has 1 amide bonds. The van der Waals surface area contributed by atoms with Gasteiger partial charge in [0.05, 0.1) is 11.3 Å². The zero-order valence-corrected chi connectivity index (χ0v) is 11.8. The van der Waals surface area contributed by atoms with Gasteiger partial charge in [-0.15, -0.1) is 0 Å². The van der Waals surface area contributed by atoms with Gasteiger partial charge >= 0.3 is 0 Å². The molecule has 2 aromatic rings. The van der Waals surface area contributed by atoms with Gasteiger partial charge in [0.1, 0.15) is 5.82 Å². The Balaban J connectivity index is 2.26. The molecule has 4 nitrogen and oxygen atoms in total. The Hall–Kier alpha value is -2.56. The predicted molar refractivity (Wildman–Crippen MR) is 83.1 cm³/mol. The molecule has 0 aromatic heterocycles. The number of anilines is 3. The highest BCUT2D eigenvalue weighted by Gasteiger charge is 2.12. The van der Waals surface area contributed by atoms with E-state index in [2.05, 4.69) is 12.2 Å². The number of nitrogens with two attached hydrogens (primary N) is 2. The Bertz CT molecular complexity index is 653. The molecule has 2 rings (SSSR count). The fraction of sp³-hybridized carbons (Fsp3) is 0.188. The fourth-order valence-electron chi connectivity index (χ4n) is 2.10. The topological polar surface area (TPSA) is 81.1 Å². The summed E-state index contributed by atoms with van der Waals surface area (Å²) in [5.74, 6) is -1.22. The van der Waals surface area contributed by atoms with Crippen LogP contribution in [-0.2, 0) is 6.42 Å². The maximum Gasteiger partial charge on any atom is 0.250 e. The first-order chi connectivity index (χ1) is 10.0. The molecule has 5 N–H and O–H groups in total. The molecule has 110 valence electrons. The Morgan fingerprint density at radius 1 is 1.24 bits per heavy atom. The van der Waals surface area contributed by atoms with Crippen LogP contribution in [0.3, 0.4) is 0 Å². The summed E-state index contributed by atoms with van der Waals surface area (Å²) in [4.78, 5) is 11.2. The van der Waals surface area contributed by atoms with Gasteiger partial charge < -0.3 is 16.8 Å². The van der Waals surface area contributed by atoms with Crippen molar-refractivity contribution in [2.45, 2.75) is 19.8 Å².